The molecule has 3 atom stereocenters. The Morgan fingerprint density at radius 3 is 2.71 bits per heavy atom. The van der Waals surface area contributed by atoms with Crippen LogP contribution >= 0.6 is 0 Å². The van der Waals surface area contributed by atoms with Crippen LogP contribution in [0.2, 0.25) is 0 Å². The van der Waals surface area contributed by atoms with Crippen molar-refractivity contribution in [2.45, 2.75) is 71.9 Å². The van der Waals surface area contributed by atoms with E-state index in [2.05, 4.69) is 26.1 Å². The summed E-state index contributed by atoms with van der Waals surface area (Å²) >= 11 is 0. The van der Waals surface area contributed by atoms with Crippen LogP contribution < -0.4 is 5.32 Å². The zero-order chi connectivity index (χ0) is 22.6. The highest BCUT2D eigenvalue weighted by molar-refractivity contribution is 5.92. The van der Waals surface area contributed by atoms with Gasteiger partial charge >= 0.3 is 6.09 Å². The fourth-order valence-corrected chi connectivity index (χ4v) is 4.68. The van der Waals surface area contributed by atoms with Crippen LogP contribution in [-0.2, 0) is 20.7 Å². The van der Waals surface area contributed by atoms with Crippen LogP contribution in [0, 0.1) is 11.3 Å². The molecule has 0 spiro atoms. The molecule has 1 aliphatic carbocycles. The lowest BCUT2D eigenvalue weighted by Crippen LogP contribution is -2.39. The van der Waals surface area contributed by atoms with E-state index in [1.54, 1.807) is 6.20 Å². The monoisotopic (exact) mass is 428 g/mol. The molecule has 0 bridgehead atoms. The molecular formula is C25H36N2O4. The van der Waals surface area contributed by atoms with Crippen molar-refractivity contribution >= 4 is 22.9 Å². The smallest absolute Gasteiger partial charge is 0.418 e. The lowest BCUT2D eigenvalue weighted by molar-refractivity contribution is -0.130. The summed E-state index contributed by atoms with van der Waals surface area (Å²) in [5.74, 6) is 0.515. The number of fused-ring (bicyclic) bond motifs is 1. The van der Waals surface area contributed by atoms with Gasteiger partial charge in [-0.05, 0) is 55.6 Å². The van der Waals surface area contributed by atoms with Crippen molar-refractivity contribution in [2.24, 2.45) is 11.3 Å². The molecular weight excluding hydrogens is 392 g/mol. The molecule has 1 aliphatic rings. The van der Waals surface area contributed by atoms with Gasteiger partial charge in [-0.1, -0.05) is 45.4 Å². The molecule has 6 nitrogen and oxygen atoms in total. The summed E-state index contributed by atoms with van der Waals surface area (Å²) < 4.78 is 12.4. The molecule has 1 aromatic heterocycles. The predicted octanol–water partition coefficient (Wildman–Crippen LogP) is 4.92. The molecule has 1 saturated carbocycles. The third-order valence-corrected chi connectivity index (χ3v) is 6.91. The Bertz CT molecular complexity index is 919. The highest BCUT2D eigenvalue weighted by atomic mass is 16.5. The lowest BCUT2D eigenvalue weighted by atomic mass is 9.67. The lowest BCUT2D eigenvalue weighted by Gasteiger charge is -2.41. The first-order chi connectivity index (χ1) is 14.7. The summed E-state index contributed by atoms with van der Waals surface area (Å²) in [6.45, 7) is 8.94. The predicted molar refractivity (Wildman–Crippen MR) is 122 cm³/mol. The number of carbonyl (C=O) groups is 2. The van der Waals surface area contributed by atoms with E-state index in [0.29, 0.717) is 17.8 Å². The van der Waals surface area contributed by atoms with E-state index in [1.807, 2.05) is 31.2 Å². The normalized spacial score (nSPS) is 22.5. The van der Waals surface area contributed by atoms with Gasteiger partial charge in [0.25, 0.3) is 0 Å². The number of hydrogen-bond donors (Lipinski definition) is 1. The van der Waals surface area contributed by atoms with Crippen molar-refractivity contribution in [3.63, 3.8) is 0 Å². The molecule has 6 heteroatoms. The Balaban J connectivity index is 1.56. The molecule has 0 radical (unpaired) electrons. The molecule has 1 fully saturated rings. The van der Waals surface area contributed by atoms with Crippen LogP contribution in [0.1, 0.15) is 58.9 Å². The fraction of sp³-hybridized carbons (Fsp3) is 0.600. The van der Waals surface area contributed by atoms with Gasteiger partial charge in [-0.25, -0.2) is 4.79 Å². The maximum atomic E-state index is 12.5. The average molecular weight is 429 g/mol. The van der Waals surface area contributed by atoms with Crippen molar-refractivity contribution in [2.75, 3.05) is 13.7 Å². The summed E-state index contributed by atoms with van der Waals surface area (Å²) in [7, 11) is 1.37. The molecule has 1 N–H and O–H groups in total. The van der Waals surface area contributed by atoms with E-state index in [4.69, 9.17) is 9.47 Å². The summed E-state index contributed by atoms with van der Waals surface area (Å²) in [4.78, 5) is 24.6. The van der Waals surface area contributed by atoms with Gasteiger partial charge in [-0.3, -0.25) is 9.36 Å². The quantitative estimate of drug-likeness (QED) is 0.679. The number of nitrogens with one attached hydrogen (secondary N) is 1. The molecule has 3 rings (SSSR count). The zero-order valence-corrected chi connectivity index (χ0v) is 19.4. The van der Waals surface area contributed by atoms with E-state index in [0.717, 1.165) is 35.7 Å². The van der Waals surface area contributed by atoms with Crippen molar-refractivity contribution < 1.29 is 19.1 Å². The Labute approximate surface area is 185 Å². The molecule has 2 unspecified atom stereocenters. The summed E-state index contributed by atoms with van der Waals surface area (Å²) in [5.41, 5.74) is 2.09. The second-order valence-electron chi connectivity index (χ2n) is 9.52. The Hall–Kier alpha value is -2.34. The summed E-state index contributed by atoms with van der Waals surface area (Å²) in [6, 6.07) is 7.63. The van der Waals surface area contributed by atoms with Crippen molar-refractivity contribution in [3.05, 3.63) is 36.0 Å². The van der Waals surface area contributed by atoms with E-state index >= 15 is 0 Å². The third-order valence-electron chi connectivity index (χ3n) is 6.91. The van der Waals surface area contributed by atoms with Crippen molar-refractivity contribution in [3.8, 4) is 0 Å². The molecule has 0 saturated heterocycles. The maximum Gasteiger partial charge on any atom is 0.418 e. The number of carbonyl (C=O) groups excluding carboxylic acids is 2. The minimum absolute atomic E-state index is 0.0831. The highest BCUT2D eigenvalue weighted by Crippen LogP contribution is 2.42. The van der Waals surface area contributed by atoms with Crippen LogP contribution in [0.25, 0.3) is 10.9 Å². The average Bonchev–Trinajstić information content (AvgIpc) is 3.10. The standard InChI is InChI=1S/C25H36N2O4/c1-17(2)25(4)12-8-9-20(14-25)31-16-23(28)26-18(3)13-19-15-27(24(29)30-5)22-11-7-6-10-21(19)22/h6-7,10-11,15,17-18,20H,8-9,12-14,16H2,1-5H3,(H,26,28)/t18-,20?,25?/m1/s1. The first-order valence-electron chi connectivity index (χ1n) is 11.3. The molecule has 0 aliphatic heterocycles. The molecule has 31 heavy (non-hydrogen) atoms. The topological polar surface area (TPSA) is 69.6 Å². The van der Waals surface area contributed by atoms with Crippen LogP contribution in [-0.4, -0.2) is 42.4 Å². The number of nitrogens with zero attached hydrogens (tertiary/aromatic N) is 1. The third kappa shape index (κ3) is 5.48. The number of hydrogen-bond acceptors (Lipinski definition) is 4. The van der Waals surface area contributed by atoms with Gasteiger partial charge in [0, 0.05) is 17.6 Å². The first kappa shape index (κ1) is 23.3. The van der Waals surface area contributed by atoms with Gasteiger partial charge in [-0.2, -0.15) is 0 Å². The summed E-state index contributed by atoms with van der Waals surface area (Å²) in [5, 5.41) is 4.03. The molecule has 1 amide bonds. The molecule has 170 valence electrons. The van der Waals surface area contributed by atoms with E-state index in [1.165, 1.54) is 18.1 Å². The van der Waals surface area contributed by atoms with Crippen LogP contribution in [0.5, 0.6) is 0 Å². The van der Waals surface area contributed by atoms with E-state index in [9.17, 15) is 9.59 Å². The Kier molecular flexibility index (Phi) is 7.42. The van der Waals surface area contributed by atoms with Crippen LogP contribution in [0.4, 0.5) is 4.79 Å². The van der Waals surface area contributed by atoms with Crippen molar-refractivity contribution in [1.29, 1.82) is 0 Å². The number of aromatic nitrogens is 1. The SMILES string of the molecule is COC(=O)n1cc(C[C@@H](C)NC(=O)COC2CCCC(C)(C(C)C)C2)c2ccccc21. The number of amides is 1. The minimum atomic E-state index is -0.423. The number of benzene rings is 1. The molecule has 1 heterocycles. The second kappa shape index (κ2) is 9.86. The maximum absolute atomic E-state index is 12.5. The molecule has 1 aromatic carbocycles. The fourth-order valence-electron chi connectivity index (χ4n) is 4.68. The highest BCUT2D eigenvalue weighted by Gasteiger charge is 2.35. The van der Waals surface area contributed by atoms with E-state index in [-0.39, 0.29) is 24.7 Å². The number of ether oxygens (including phenoxy) is 2. The second-order valence-corrected chi connectivity index (χ2v) is 9.52. The number of para-hydroxylation sites is 1. The van der Waals surface area contributed by atoms with Gasteiger partial charge in [-0.15, -0.1) is 0 Å². The molecule has 2 aromatic rings. The Morgan fingerprint density at radius 1 is 1.26 bits per heavy atom. The van der Waals surface area contributed by atoms with Crippen LogP contribution in [0.3, 0.4) is 0 Å². The summed E-state index contributed by atoms with van der Waals surface area (Å²) in [6.07, 6.45) is 6.57. The first-order valence-corrected chi connectivity index (χ1v) is 11.3. The van der Waals surface area contributed by atoms with Gasteiger partial charge in [0.15, 0.2) is 0 Å². The van der Waals surface area contributed by atoms with Crippen molar-refractivity contribution in [1.82, 2.24) is 9.88 Å². The van der Waals surface area contributed by atoms with Gasteiger partial charge in [0.1, 0.15) is 6.61 Å². The van der Waals surface area contributed by atoms with Gasteiger partial charge < -0.3 is 14.8 Å². The number of methoxy groups -OCH3 is 1. The largest absolute Gasteiger partial charge is 0.452 e. The van der Waals surface area contributed by atoms with E-state index < -0.39 is 6.09 Å². The van der Waals surface area contributed by atoms with Gasteiger partial charge in [0.05, 0.1) is 18.7 Å². The minimum Gasteiger partial charge on any atom is -0.452 e. The number of rotatable bonds is 7. The van der Waals surface area contributed by atoms with Gasteiger partial charge in [0.2, 0.25) is 5.91 Å². The zero-order valence-electron chi connectivity index (χ0n) is 19.4. The Morgan fingerprint density at radius 2 is 2.00 bits per heavy atom. The van der Waals surface area contributed by atoms with Crippen LogP contribution in [0.15, 0.2) is 30.5 Å².